The molecular weight excluding hydrogens is 286 g/mol. The van der Waals surface area contributed by atoms with Crippen molar-refractivity contribution in [1.29, 1.82) is 0 Å². The molecule has 0 radical (unpaired) electrons. The number of hydrogen-bond donors (Lipinski definition) is 1. The Balaban J connectivity index is 0.00000220. The van der Waals surface area contributed by atoms with Gasteiger partial charge in [-0.25, -0.2) is 4.79 Å². The summed E-state index contributed by atoms with van der Waals surface area (Å²) in [6, 6.07) is 9.94. The third-order valence-corrected chi connectivity index (χ3v) is 4.54. The van der Waals surface area contributed by atoms with Crippen molar-refractivity contribution in [2.45, 2.75) is 39.2 Å². The number of hydrogen-bond acceptors (Lipinski definition) is 2. The molecule has 3 nitrogen and oxygen atoms in total. The Labute approximate surface area is 134 Å². The minimum Gasteiger partial charge on any atom is -1.00 e. The first-order valence-corrected chi connectivity index (χ1v) is 7.75. The Hall–Kier alpha value is -1.06. The highest BCUT2D eigenvalue weighted by Crippen LogP contribution is 2.11. The summed E-state index contributed by atoms with van der Waals surface area (Å²) in [6.07, 6.45) is 3.63. The van der Waals surface area contributed by atoms with E-state index in [1.165, 1.54) is 19.4 Å². The van der Waals surface area contributed by atoms with Gasteiger partial charge in [0, 0.05) is 12.3 Å². The maximum absolute atomic E-state index is 11.8. The van der Waals surface area contributed by atoms with Gasteiger partial charge in [-0.2, -0.15) is 0 Å². The van der Waals surface area contributed by atoms with Crippen LogP contribution in [-0.4, -0.2) is 31.7 Å². The summed E-state index contributed by atoms with van der Waals surface area (Å²) in [5, 5.41) is 0. The second kappa shape index (κ2) is 9.06. The normalized spacial score (nSPS) is 25.0. The van der Waals surface area contributed by atoms with Crippen molar-refractivity contribution in [2.24, 2.45) is 5.92 Å². The van der Waals surface area contributed by atoms with Crippen LogP contribution in [-0.2, 0) is 4.74 Å². The topological polar surface area (TPSA) is 30.7 Å². The van der Waals surface area contributed by atoms with Crippen molar-refractivity contribution < 1.29 is 26.8 Å². The fourth-order valence-corrected chi connectivity index (χ4v) is 3.01. The summed E-state index contributed by atoms with van der Waals surface area (Å²) in [6.45, 7) is 7.58. The van der Waals surface area contributed by atoms with E-state index in [1.807, 2.05) is 18.2 Å². The highest BCUT2D eigenvalue weighted by molar-refractivity contribution is 5.89. The first kappa shape index (κ1) is 18.0. The lowest BCUT2D eigenvalue weighted by Gasteiger charge is -2.34. The van der Waals surface area contributed by atoms with Crippen LogP contribution in [0.25, 0.3) is 0 Å². The van der Waals surface area contributed by atoms with Gasteiger partial charge in [0.25, 0.3) is 0 Å². The number of halogens is 1. The van der Waals surface area contributed by atoms with Crippen LogP contribution in [0.15, 0.2) is 30.3 Å². The van der Waals surface area contributed by atoms with Crippen LogP contribution in [0.2, 0.25) is 0 Å². The largest absolute Gasteiger partial charge is 1.00 e. The number of ether oxygens (including phenoxy) is 1. The number of nitrogens with one attached hydrogen (secondary N) is 1. The van der Waals surface area contributed by atoms with Gasteiger partial charge in [0.2, 0.25) is 0 Å². The first-order valence-electron chi connectivity index (χ1n) is 7.75. The quantitative estimate of drug-likeness (QED) is 0.555. The number of rotatable bonds is 5. The van der Waals surface area contributed by atoms with Crippen LogP contribution >= 0.6 is 0 Å². The molecule has 0 spiro atoms. The molecule has 1 aromatic rings. The summed E-state index contributed by atoms with van der Waals surface area (Å²) >= 11 is 0. The van der Waals surface area contributed by atoms with E-state index >= 15 is 0 Å². The molecule has 0 aliphatic carbocycles. The molecule has 4 heteroatoms. The molecule has 0 bridgehead atoms. The van der Waals surface area contributed by atoms with Gasteiger partial charge < -0.3 is 22.0 Å². The van der Waals surface area contributed by atoms with Crippen molar-refractivity contribution in [3.8, 4) is 0 Å². The highest BCUT2D eigenvalue weighted by Gasteiger charge is 2.27. The summed E-state index contributed by atoms with van der Waals surface area (Å²) in [5.74, 6) is 0.603. The smallest absolute Gasteiger partial charge is 0.338 e. The molecule has 1 fully saturated rings. The van der Waals surface area contributed by atoms with E-state index in [1.54, 1.807) is 17.0 Å². The average Bonchev–Trinajstić information content (AvgIpc) is 2.48. The number of carbonyl (C=O) groups is 1. The van der Waals surface area contributed by atoms with Gasteiger partial charge in [0.15, 0.2) is 0 Å². The van der Waals surface area contributed by atoms with Gasteiger partial charge >= 0.3 is 5.97 Å². The van der Waals surface area contributed by atoms with Gasteiger partial charge in [0.1, 0.15) is 0 Å². The zero-order chi connectivity index (χ0) is 14.4. The van der Waals surface area contributed by atoms with Gasteiger partial charge in [0.05, 0.1) is 31.3 Å². The lowest BCUT2D eigenvalue weighted by Crippen LogP contribution is -3.17. The Morgan fingerprint density at radius 3 is 2.71 bits per heavy atom. The zero-order valence-corrected chi connectivity index (χ0v) is 13.7. The number of likely N-dealkylation sites (tertiary alicyclic amines) is 1. The van der Waals surface area contributed by atoms with Gasteiger partial charge in [-0.3, -0.25) is 0 Å². The molecule has 3 unspecified atom stereocenters. The molecule has 1 aliphatic rings. The van der Waals surface area contributed by atoms with Crippen molar-refractivity contribution >= 4 is 5.97 Å². The van der Waals surface area contributed by atoms with Crippen molar-refractivity contribution in [3.05, 3.63) is 35.9 Å². The molecule has 3 atom stereocenters. The van der Waals surface area contributed by atoms with Gasteiger partial charge in [-0.1, -0.05) is 25.1 Å². The van der Waals surface area contributed by atoms with Crippen molar-refractivity contribution in [2.75, 3.05) is 19.7 Å². The van der Waals surface area contributed by atoms with Crippen molar-refractivity contribution in [3.63, 3.8) is 0 Å². The number of piperidine rings is 1. The second-order valence-electron chi connectivity index (χ2n) is 5.92. The highest BCUT2D eigenvalue weighted by atomic mass is 35.5. The molecule has 1 N–H and O–H groups in total. The second-order valence-corrected chi connectivity index (χ2v) is 5.92. The third-order valence-electron chi connectivity index (χ3n) is 4.54. The van der Waals surface area contributed by atoms with Crippen LogP contribution in [0.4, 0.5) is 0 Å². The van der Waals surface area contributed by atoms with Crippen molar-refractivity contribution in [1.82, 2.24) is 0 Å². The molecule has 0 aromatic heterocycles. The van der Waals surface area contributed by atoms with Crippen LogP contribution < -0.4 is 17.3 Å². The summed E-state index contributed by atoms with van der Waals surface area (Å²) < 4.78 is 5.33. The lowest BCUT2D eigenvalue weighted by molar-refractivity contribution is -0.932. The molecule has 1 aliphatic heterocycles. The van der Waals surface area contributed by atoms with E-state index in [9.17, 15) is 4.79 Å². The van der Waals surface area contributed by atoms with Gasteiger partial charge in [-0.05, 0) is 31.9 Å². The Morgan fingerprint density at radius 1 is 1.29 bits per heavy atom. The third kappa shape index (κ3) is 5.33. The fourth-order valence-electron chi connectivity index (χ4n) is 3.01. The SMILES string of the molecule is CC1CCC[NH+](CCCOC(=O)c2ccccc2)C1C.[Cl-]. The number of esters is 1. The van der Waals surface area contributed by atoms with Crippen LogP contribution in [0.3, 0.4) is 0 Å². The molecule has 1 saturated heterocycles. The first-order chi connectivity index (χ1) is 9.68. The molecule has 1 aromatic carbocycles. The minimum absolute atomic E-state index is 0. The van der Waals surface area contributed by atoms with E-state index in [0.717, 1.165) is 24.9 Å². The van der Waals surface area contributed by atoms with E-state index in [-0.39, 0.29) is 18.4 Å². The standard InChI is InChI=1S/C17H25NO2.ClH/c1-14-8-6-11-18(15(14)2)12-7-13-20-17(19)16-9-4-3-5-10-16;/h3-5,9-10,14-15H,6-8,11-13H2,1-2H3;1H. The van der Waals surface area contributed by atoms with Crippen LogP contribution in [0, 0.1) is 5.92 Å². The zero-order valence-electron chi connectivity index (χ0n) is 13.0. The molecular formula is C17H26ClNO2. The molecule has 2 rings (SSSR count). The summed E-state index contributed by atoms with van der Waals surface area (Å²) in [5.41, 5.74) is 0.639. The van der Waals surface area contributed by atoms with E-state index in [0.29, 0.717) is 12.2 Å². The predicted molar refractivity (Wildman–Crippen MR) is 79.9 cm³/mol. The fraction of sp³-hybridized carbons (Fsp3) is 0.588. The lowest BCUT2D eigenvalue weighted by atomic mass is 9.92. The van der Waals surface area contributed by atoms with E-state index in [2.05, 4.69) is 13.8 Å². The monoisotopic (exact) mass is 311 g/mol. The maximum atomic E-state index is 11.8. The van der Waals surface area contributed by atoms with Crippen LogP contribution in [0.5, 0.6) is 0 Å². The summed E-state index contributed by atoms with van der Waals surface area (Å²) in [4.78, 5) is 13.4. The minimum atomic E-state index is -0.208. The molecule has 1 heterocycles. The Kier molecular flexibility index (Phi) is 7.76. The van der Waals surface area contributed by atoms with Crippen LogP contribution in [0.1, 0.15) is 43.5 Å². The number of quaternary nitrogens is 1. The van der Waals surface area contributed by atoms with E-state index in [4.69, 9.17) is 4.74 Å². The number of carbonyl (C=O) groups excluding carboxylic acids is 1. The molecule has 21 heavy (non-hydrogen) atoms. The molecule has 0 saturated carbocycles. The molecule has 118 valence electrons. The number of benzene rings is 1. The maximum Gasteiger partial charge on any atom is 0.338 e. The average molecular weight is 312 g/mol. The van der Waals surface area contributed by atoms with E-state index < -0.39 is 0 Å². The summed E-state index contributed by atoms with van der Waals surface area (Å²) in [7, 11) is 0. The van der Waals surface area contributed by atoms with Gasteiger partial charge in [-0.15, -0.1) is 0 Å². The Bertz CT molecular complexity index is 424. The predicted octanol–water partition coefficient (Wildman–Crippen LogP) is -1.06. The molecule has 0 amide bonds. The Morgan fingerprint density at radius 2 is 2.00 bits per heavy atom.